The van der Waals surface area contributed by atoms with Crippen molar-refractivity contribution in [2.24, 2.45) is 0 Å². The zero-order valence-electron chi connectivity index (χ0n) is 20.8. The van der Waals surface area contributed by atoms with Crippen LogP contribution in [0.15, 0.2) is 24.3 Å². The Morgan fingerprint density at radius 1 is 0.912 bits per heavy atom. The molecule has 1 aromatic rings. The Kier molecular flexibility index (Phi) is 9.22. The number of amides is 2. The number of benzene rings is 1. The van der Waals surface area contributed by atoms with Crippen LogP contribution in [-0.4, -0.2) is 91.6 Å². The van der Waals surface area contributed by atoms with Gasteiger partial charge in [-0.25, -0.2) is 0 Å². The number of hydrogen-bond donors (Lipinski definition) is 0. The Balaban J connectivity index is 1.57. The average molecular weight is 472 g/mol. The Morgan fingerprint density at radius 3 is 2.44 bits per heavy atom. The molecule has 0 bridgehead atoms. The maximum absolute atomic E-state index is 13.6. The van der Waals surface area contributed by atoms with Crippen LogP contribution in [0.2, 0.25) is 0 Å². The summed E-state index contributed by atoms with van der Waals surface area (Å²) in [5.41, 5.74) is 0.621. The Bertz CT molecular complexity index is 811. The molecule has 2 heterocycles. The minimum atomic E-state index is -0.0910. The second-order valence-electron chi connectivity index (χ2n) is 9.97. The van der Waals surface area contributed by atoms with E-state index < -0.39 is 0 Å². The lowest BCUT2D eigenvalue weighted by atomic mass is 9.90. The van der Waals surface area contributed by atoms with E-state index in [0.29, 0.717) is 31.1 Å². The van der Waals surface area contributed by atoms with Gasteiger partial charge in [-0.2, -0.15) is 0 Å². The van der Waals surface area contributed by atoms with Gasteiger partial charge in [-0.3, -0.25) is 14.5 Å². The number of carbonyl (C=O) groups excluding carboxylic acids is 2. The van der Waals surface area contributed by atoms with E-state index in [0.717, 1.165) is 84.0 Å². The Labute approximate surface area is 204 Å². The number of nitrogens with zero attached hydrogens (tertiary/aromatic N) is 3. The Morgan fingerprint density at radius 2 is 1.62 bits per heavy atom. The molecule has 4 rings (SSSR count). The van der Waals surface area contributed by atoms with Gasteiger partial charge in [0.25, 0.3) is 5.91 Å². The van der Waals surface area contributed by atoms with Crippen molar-refractivity contribution in [3.05, 3.63) is 29.8 Å². The molecule has 0 N–H and O–H groups in total. The average Bonchev–Trinajstić information content (AvgIpc) is 2.86. The fourth-order valence-electron chi connectivity index (χ4n) is 5.47. The molecule has 34 heavy (non-hydrogen) atoms. The van der Waals surface area contributed by atoms with Gasteiger partial charge in [0.1, 0.15) is 11.9 Å². The smallest absolute Gasteiger partial charge is 0.257 e. The highest BCUT2D eigenvalue weighted by Gasteiger charge is 2.35. The number of morpholine rings is 1. The molecule has 1 saturated heterocycles. The van der Waals surface area contributed by atoms with E-state index in [1.165, 1.54) is 0 Å². The molecule has 0 spiro atoms. The van der Waals surface area contributed by atoms with Gasteiger partial charge < -0.3 is 19.3 Å². The largest absolute Gasteiger partial charge is 0.487 e. The van der Waals surface area contributed by atoms with Crippen molar-refractivity contribution >= 4 is 11.8 Å². The minimum absolute atomic E-state index is 0.0121. The Hall–Kier alpha value is -2.12. The number of rotatable bonds is 2. The van der Waals surface area contributed by atoms with Crippen molar-refractivity contribution in [2.75, 3.05) is 53.0 Å². The van der Waals surface area contributed by atoms with Crippen LogP contribution >= 0.6 is 0 Å². The molecule has 2 fully saturated rings. The van der Waals surface area contributed by atoms with Gasteiger partial charge >= 0.3 is 0 Å². The molecule has 1 saturated carbocycles. The van der Waals surface area contributed by atoms with Crippen molar-refractivity contribution in [1.29, 1.82) is 0 Å². The van der Waals surface area contributed by atoms with Crippen molar-refractivity contribution in [2.45, 2.75) is 69.9 Å². The molecule has 7 heteroatoms. The fraction of sp³-hybridized carbons (Fsp3) is 0.704. The summed E-state index contributed by atoms with van der Waals surface area (Å²) in [7, 11) is 1.88. The van der Waals surface area contributed by atoms with Gasteiger partial charge in [-0.1, -0.05) is 37.8 Å². The fourth-order valence-corrected chi connectivity index (χ4v) is 5.47. The van der Waals surface area contributed by atoms with E-state index in [2.05, 4.69) is 9.80 Å². The third-order valence-corrected chi connectivity index (χ3v) is 7.49. The van der Waals surface area contributed by atoms with E-state index >= 15 is 0 Å². The van der Waals surface area contributed by atoms with Gasteiger partial charge in [0.2, 0.25) is 5.91 Å². The summed E-state index contributed by atoms with van der Waals surface area (Å²) in [5.74, 6) is 0.862. The monoisotopic (exact) mass is 471 g/mol. The topological polar surface area (TPSA) is 62.3 Å². The van der Waals surface area contributed by atoms with Crippen molar-refractivity contribution in [3.8, 4) is 5.75 Å². The predicted octanol–water partition coefficient (Wildman–Crippen LogP) is 3.57. The number of ether oxygens (including phenoxy) is 2. The first-order chi connectivity index (χ1) is 16.6. The standard InChI is InChI=1S/C27H41N3O4/c1-28-15-9-3-2-4-10-16-30(26(31)21-29-17-19-33-20-18-29)23-12-6-8-14-25(23)34-24-13-7-5-11-22(24)27(28)32/h5,7,11,13,23,25H,2-4,6,8-10,12,14-21H2,1H3/t23-,25+/m1/s1. The summed E-state index contributed by atoms with van der Waals surface area (Å²) in [6.45, 7) is 5.01. The lowest BCUT2D eigenvalue weighted by Crippen LogP contribution is -2.54. The first-order valence-electron chi connectivity index (χ1n) is 13.2. The molecule has 7 nitrogen and oxygen atoms in total. The van der Waals surface area contributed by atoms with Crippen LogP contribution in [0.4, 0.5) is 0 Å². The maximum Gasteiger partial charge on any atom is 0.257 e. The third-order valence-electron chi connectivity index (χ3n) is 7.49. The first-order valence-corrected chi connectivity index (χ1v) is 13.2. The SMILES string of the molecule is CN1CCCCCCCN(C(=O)CN2CCOCC2)[C@@H]2CCCC[C@@H]2Oc2ccccc2C1=O. The second kappa shape index (κ2) is 12.5. The highest BCUT2D eigenvalue weighted by atomic mass is 16.5. The normalized spacial score (nSPS) is 26.0. The molecule has 188 valence electrons. The molecule has 2 atom stereocenters. The summed E-state index contributed by atoms with van der Waals surface area (Å²) < 4.78 is 12.1. The van der Waals surface area contributed by atoms with Crippen molar-refractivity contribution in [3.63, 3.8) is 0 Å². The van der Waals surface area contributed by atoms with Crippen LogP contribution < -0.4 is 4.74 Å². The summed E-state index contributed by atoms with van der Waals surface area (Å²) in [6.07, 6.45) is 9.32. The molecule has 0 unspecified atom stereocenters. The van der Waals surface area contributed by atoms with Crippen LogP contribution in [0.5, 0.6) is 5.75 Å². The second-order valence-corrected chi connectivity index (χ2v) is 9.97. The van der Waals surface area contributed by atoms with E-state index in [9.17, 15) is 9.59 Å². The zero-order chi connectivity index (χ0) is 23.8. The molecule has 0 aromatic heterocycles. The van der Waals surface area contributed by atoms with E-state index in [4.69, 9.17) is 9.47 Å². The molecule has 3 aliphatic rings. The van der Waals surface area contributed by atoms with Gasteiger partial charge in [-0.15, -0.1) is 0 Å². The number of para-hydroxylation sites is 1. The van der Waals surface area contributed by atoms with Crippen LogP contribution in [0.25, 0.3) is 0 Å². The number of carbonyl (C=O) groups is 2. The van der Waals surface area contributed by atoms with Gasteiger partial charge in [0, 0.05) is 33.2 Å². The van der Waals surface area contributed by atoms with E-state index in [1.807, 2.05) is 36.2 Å². The molecule has 2 aliphatic heterocycles. The van der Waals surface area contributed by atoms with Crippen LogP contribution in [0.1, 0.15) is 68.1 Å². The van der Waals surface area contributed by atoms with Crippen LogP contribution in [0, 0.1) is 0 Å². The zero-order valence-corrected chi connectivity index (χ0v) is 20.8. The molecular formula is C27H41N3O4. The molecule has 2 amide bonds. The molecular weight excluding hydrogens is 430 g/mol. The van der Waals surface area contributed by atoms with Crippen LogP contribution in [-0.2, 0) is 9.53 Å². The highest BCUT2D eigenvalue weighted by molar-refractivity contribution is 5.96. The van der Waals surface area contributed by atoms with E-state index in [1.54, 1.807) is 0 Å². The first kappa shape index (κ1) is 25.0. The summed E-state index contributed by atoms with van der Waals surface area (Å²) in [5, 5.41) is 0. The van der Waals surface area contributed by atoms with Crippen LogP contribution in [0.3, 0.4) is 0 Å². The number of fused-ring (bicyclic) bond motifs is 2. The lowest BCUT2D eigenvalue weighted by Gasteiger charge is -2.41. The maximum atomic E-state index is 13.6. The van der Waals surface area contributed by atoms with Gasteiger partial charge in [0.05, 0.1) is 31.4 Å². The van der Waals surface area contributed by atoms with Gasteiger partial charge in [0.15, 0.2) is 0 Å². The van der Waals surface area contributed by atoms with Gasteiger partial charge in [-0.05, 0) is 44.2 Å². The quantitative estimate of drug-likeness (QED) is 0.660. The summed E-state index contributed by atoms with van der Waals surface area (Å²) in [4.78, 5) is 32.9. The minimum Gasteiger partial charge on any atom is -0.487 e. The summed E-state index contributed by atoms with van der Waals surface area (Å²) >= 11 is 0. The summed E-state index contributed by atoms with van der Waals surface area (Å²) in [6, 6.07) is 7.65. The predicted molar refractivity (Wildman–Crippen MR) is 132 cm³/mol. The third kappa shape index (κ3) is 6.51. The highest BCUT2D eigenvalue weighted by Crippen LogP contribution is 2.30. The molecule has 1 aliphatic carbocycles. The number of hydrogen-bond acceptors (Lipinski definition) is 5. The lowest BCUT2D eigenvalue weighted by molar-refractivity contribution is -0.139. The van der Waals surface area contributed by atoms with Crippen molar-refractivity contribution < 1.29 is 19.1 Å². The molecule has 1 aromatic carbocycles. The van der Waals surface area contributed by atoms with Crippen molar-refractivity contribution in [1.82, 2.24) is 14.7 Å². The molecule has 0 radical (unpaired) electrons. The van der Waals surface area contributed by atoms with E-state index in [-0.39, 0.29) is 24.0 Å².